The minimum Gasteiger partial charge on any atom is -0.369 e. The number of nitrogens with one attached hydrogen (secondary N) is 1. The summed E-state index contributed by atoms with van der Waals surface area (Å²) in [6, 6.07) is 6.50. The summed E-state index contributed by atoms with van der Waals surface area (Å²) in [6.07, 6.45) is 3.90. The van der Waals surface area contributed by atoms with E-state index in [1.165, 1.54) is 41.5 Å². The number of nitrogens with zero attached hydrogens (tertiary/aromatic N) is 1. The average Bonchev–Trinajstić information content (AvgIpc) is 2.53. The highest BCUT2D eigenvalue weighted by Crippen LogP contribution is 2.31. The second kappa shape index (κ2) is 6.41. The van der Waals surface area contributed by atoms with Crippen LogP contribution >= 0.6 is 15.9 Å². The first-order valence-corrected chi connectivity index (χ1v) is 7.35. The first-order valence-electron chi connectivity index (χ1n) is 6.56. The molecule has 0 saturated heterocycles. The molecule has 0 unspecified atom stereocenters. The van der Waals surface area contributed by atoms with E-state index in [1.54, 1.807) is 0 Å². The standard InChI is InChI=1S/C14H21BrN2/c1-2-3-4-9-17-10-8-16-11-12-6-5-7-13(15)14(12)17/h5-7,16H,2-4,8-11H2,1H3. The predicted octanol–water partition coefficient (Wildman–Crippen LogP) is 3.55. The zero-order valence-corrected chi connectivity index (χ0v) is 12.1. The van der Waals surface area contributed by atoms with Crippen molar-refractivity contribution < 1.29 is 0 Å². The molecule has 0 bridgehead atoms. The van der Waals surface area contributed by atoms with E-state index < -0.39 is 0 Å². The number of fused-ring (bicyclic) bond motifs is 1. The van der Waals surface area contributed by atoms with Crippen molar-refractivity contribution in [2.24, 2.45) is 0 Å². The van der Waals surface area contributed by atoms with Gasteiger partial charge in [-0.1, -0.05) is 31.9 Å². The number of hydrogen-bond donors (Lipinski definition) is 1. The molecule has 1 aliphatic heterocycles. The lowest BCUT2D eigenvalue weighted by molar-refractivity contribution is 0.651. The molecule has 1 aliphatic rings. The van der Waals surface area contributed by atoms with Crippen LogP contribution in [0.15, 0.2) is 22.7 Å². The van der Waals surface area contributed by atoms with Crippen molar-refractivity contribution in [1.82, 2.24) is 5.32 Å². The highest BCUT2D eigenvalue weighted by molar-refractivity contribution is 9.10. The lowest BCUT2D eigenvalue weighted by atomic mass is 10.1. The van der Waals surface area contributed by atoms with Crippen molar-refractivity contribution in [3.05, 3.63) is 28.2 Å². The Balaban J connectivity index is 2.17. The summed E-state index contributed by atoms with van der Waals surface area (Å²) in [5.41, 5.74) is 2.81. The first kappa shape index (κ1) is 12.9. The summed E-state index contributed by atoms with van der Waals surface area (Å²) in [4.78, 5) is 2.52. The van der Waals surface area contributed by atoms with Crippen molar-refractivity contribution in [2.45, 2.75) is 32.7 Å². The molecular formula is C14H21BrN2. The third-order valence-corrected chi connectivity index (χ3v) is 3.93. The zero-order valence-electron chi connectivity index (χ0n) is 10.5. The second-order valence-corrected chi connectivity index (χ2v) is 5.47. The Hall–Kier alpha value is -0.540. The molecular weight excluding hydrogens is 276 g/mol. The van der Waals surface area contributed by atoms with Gasteiger partial charge in [0.2, 0.25) is 0 Å². The number of anilines is 1. The highest BCUT2D eigenvalue weighted by atomic mass is 79.9. The van der Waals surface area contributed by atoms with Gasteiger partial charge in [0, 0.05) is 30.7 Å². The van der Waals surface area contributed by atoms with Crippen LogP contribution in [0, 0.1) is 0 Å². The molecule has 0 amide bonds. The fourth-order valence-electron chi connectivity index (χ4n) is 2.38. The van der Waals surface area contributed by atoms with E-state index in [9.17, 15) is 0 Å². The largest absolute Gasteiger partial charge is 0.369 e. The van der Waals surface area contributed by atoms with Crippen molar-refractivity contribution in [3.63, 3.8) is 0 Å². The van der Waals surface area contributed by atoms with Crippen molar-refractivity contribution in [1.29, 1.82) is 0 Å². The predicted molar refractivity (Wildman–Crippen MR) is 77.6 cm³/mol. The van der Waals surface area contributed by atoms with E-state index >= 15 is 0 Å². The lowest BCUT2D eigenvalue weighted by Crippen LogP contribution is -2.29. The van der Waals surface area contributed by atoms with Crippen LogP contribution in [0.25, 0.3) is 0 Å². The maximum Gasteiger partial charge on any atom is 0.0556 e. The van der Waals surface area contributed by atoms with Crippen LogP contribution in [0.2, 0.25) is 0 Å². The number of halogens is 1. The SMILES string of the molecule is CCCCCN1CCNCc2cccc(Br)c21. The Bertz CT molecular complexity index is 365. The van der Waals surface area contributed by atoms with E-state index in [0.29, 0.717) is 0 Å². The van der Waals surface area contributed by atoms with E-state index in [2.05, 4.69) is 51.3 Å². The molecule has 1 aromatic carbocycles. The summed E-state index contributed by atoms with van der Waals surface area (Å²) >= 11 is 3.70. The van der Waals surface area contributed by atoms with Crippen molar-refractivity contribution in [2.75, 3.05) is 24.5 Å². The van der Waals surface area contributed by atoms with Crippen LogP contribution in [0.1, 0.15) is 31.7 Å². The van der Waals surface area contributed by atoms with Crippen LogP contribution in [-0.4, -0.2) is 19.6 Å². The van der Waals surface area contributed by atoms with Crippen molar-refractivity contribution in [3.8, 4) is 0 Å². The molecule has 0 spiro atoms. The van der Waals surface area contributed by atoms with Gasteiger partial charge in [-0.25, -0.2) is 0 Å². The summed E-state index contributed by atoms with van der Waals surface area (Å²) < 4.78 is 1.23. The molecule has 2 rings (SSSR count). The summed E-state index contributed by atoms with van der Waals surface area (Å²) in [6.45, 7) is 6.60. The molecule has 1 aromatic rings. The Morgan fingerprint density at radius 2 is 2.24 bits per heavy atom. The molecule has 1 heterocycles. The number of unbranched alkanes of at least 4 members (excludes halogenated alkanes) is 2. The molecule has 1 N–H and O–H groups in total. The van der Waals surface area contributed by atoms with Gasteiger partial charge in [0.1, 0.15) is 0 Å². The number of hydrogen-bond acceptors (Lipinski definition) is 2. The minimum absolute atomic E-state index is 0.985. The monoisotopic (exact) mass is 296 g/mol. The van der Waals surface area contributed by atoms with E-state index in [-0.39, 0.29) is 0 Å². The second-order valence-electron chi connectivity index (χ2n) is 4.62. The fraction of sp³-hybridized carbons (Fsp3) is 0.571. The molecule has 0 atom stereocenters. The Kier molecular flexibility index (Phi) is 4.86. The van der Waals surface area contributed by atoms with Gasteiger partial charge in [-0.2, -0.15) is 0 Å². The molecule has 17 heavy (non-hydrogen) atoms. The maximum absolute atomic E-state index is 3.70. The van der Waals surface area contributed by atoms with Gasteiger partial charge in [-0.15, -0.1) is 0 Å². The average molecular weight is 297 g/mol. The molecule has 0 aromatic heterocycles. The minimum atomic E-state index is 0.985. The van der Waals surface area contributed by atoms with Crippen LogP contribution in [0.4, 0.5) is 5.69 Å². The molecule has 0 saturated carbocycles. The van der Waals surface area contributed by atoms with E-state index in [0.717, 1.165) is 19.6 Å². The summed E-state index contributed by atoms with van der Waals surface area (Å²) in [7, 11) is 0. The Labute approximate surface area is 113 Å². The van der Waals surface area contributed by atoms with Gasteiger partial charge in [0.25, 0.3) is 0 Å². The molecule has 0 aliphatic carbocycles. The maximum atomic E-state index is 3.70. The molecule has 3 heteroatoms. The fourth-order valence-corrected chi connectivity index (χ4v) is 3.04. The van der Waals surface area contributed by atoms with Gasteiger partial charge >= 0.3 is 0 Å². The summed E-state index contributed by atoms with van der Waals surface area (Å²) in [5.74, 6) is 0. The van der Waals surface area contributed by atoms with Crippen molar-refractivity contribution >= 4 is 21.6 Å². The number of benzene rings is 1. The molecule has 0 radical (unpaired) electrons. The smallest absolute Gasteiger partial charge is 0.0556 e. The third kappa shape index (κ3) is 3.23. The van der Waals surface area contributed by atoms with E-state index in [4.69, 9.17) is 0 Å². The quantitative estimate of drug-likeness (QED) is 0.855. The first-order chi connectivity index (χ1) is 8.33. The normalized spacial score (nSPS) is 15.5. The van der Waals surface area contributed by atoms with Crippen LogP contribution in [0.5, 0.6) is 0 Å². The molecule has 2 nitrogen and oxygen atoms in total. The van der Waals surface area contributed by atoms with Gasteiger partial charge in [0.15, 0.2) is 0 Å². The van der Waals surface area contributed by atoms with E-state index in [1.807, 2.05) is 0 Å². The highest BCUT2D eigenvalue weighted by Gasteiger charge is 2.16. The number of para-hydroxylation sites is 1. The molecule has 94 valence electrons. The van der Waals surface area contributed by atoms with Gasteiger partial charge in [-0.3, -0.25) is 0 Å². The Morgan fingerprint density at radius 3 is 3.06 bits per heavy atom. The third-order valence-electron chi connectivity index (χ3n) is 3.29. The number of rotatable bonds is 4. The van der Waals surface area contributed by atoms with Gasteiger partial charge < -0.3 is 10.2 Å². The topological polar surface area (TPSA) is 15.3 Å². The van der Waals surface area contributed by atoms with Crippen LogP contribution < -0.4 is 10.2 Å². The van der Waals surface area contributed by atoms with Crippen LogP contribution in [-0.2, 0) is 6.54 Å². The van der Waals surface area contributed by atoms with Gasteiger partial charge in [-0.05, 0) is 34.0 Å². The lowest BCUT2D eigenvalue weighted by Gasteiger charge is -2.25. The summed E-state index contributed by atoms with van der Waals surface area (Å²) in [5, 5.41) is 3.49. The zero-order chi connectivity index (χ0) is 12.1. The van der Waals surface area contributed by atoms with Gasteiger partial charge in [0.05, 0.1) is 5.69 Å². The molecule has 0 fully saturated rings. The Morgan fingerprint density at radius 1 is 1.35 bits per heavy atom. The van der Waals surface area contributed by atoms with Crippen LogP contribution in [0.3, 0.4) is 0 Å².